The molecule has 0 fully saturated rings. The van der Waals surface area contributed by atoms with Gasteiger partial charge in [0.2, 0.25) is 5.91 Å². The second kappa shape index (κ2) is 7.03. The molecule has 0 aromatic heterocycles. The third-order valence-corrected chi connectivity index (χ3v) is 3.69. The van der Waals surface area contributed by atoms with Crippen LogP contribution >= 0.6 is 0 Å². The van der Waals surface area contributed by atoms with Crippen LogP contribution in [0.5, 0.6) is 11.5 Å². The van der Waals surface area contributed by atoms with Crippen molar-refractivity contribution in [2.75, 3.05) is 13.2 Å². The van der Waals surface area contributed by atoms with E-state index in [1.165, 1.54) is 5.56 Å². The van der Waals surface area contributed by atoms with Gasteiger partial charge in [-0.25, -0.2) is 0 Å². The molecule has 0 aliphatic carbocycles. The van der Waals surface area contributed by atoms with Gasteiger partial charge in [0.1, 0.15) is 12.2 Å². The van der Waals surface area contributed by atoms with Gasteiger partial charge in [-0.1, -0.05) is 26.0 Å². The van der Waals surface area contributed by atoms with Gasteiger partial charge >= 0.3 is 0 Å². The topological polar surface area (TPSA) is 47.6 Å². The molecule has 1 aliphatic heterocycles. The summed E-state index contributed by atoms with van der Waals surface area (Å²) in [6, 6.07) is 5.98. The molecule has 4 nitrogen and oxygen atoms in total. The molecule has 122 valence electrons. The zero-order valence-corrected chi connectivity index (χ0v) is 14.1. The van der Waals surface area contributed by atoms with Crippen molar-refractivity contribution in [1.82, 2.24) is 5.32 Å². The Hall–Kier alpha value is -1.71. The van der Waals surface area contributed by atoms with Crippen LogP contribution in [-0.2, 0) is 11.2 Å². The van der Waals surface area contributed by atoms with Gasteiger partial charge in [0, 0.05) is 18.4 Å². The number of carbonyl (C=O) groups is 1. The van der Waals surface area contributed by atoms with Crippen molar-refractivity contribution < 1.29 is 14.3 Å². The number of carbonyl (C=O) groups excluding carboxylic acids is 1. The third-order valence-electron chi connectivity index (χ3n) is 3.69. The number of ether oxygens (including phenoxy) is 2. The Labute approximate surface area is 133 Å². The standard InChI is InChI=1S/C18H27NO3/c1-13(2)8-9-16(20)19-10-11-21-15-7-5-6-14-12-18(3,4)22-17(14)15/h5-7,13H,8-12H2,1-4H3,(H,19,20). The molecular formula is C18H27NO3. The number of amides is 1. The van der Waals surface area contributed by atoms with Gasteiger partial charge in [-0.3, -0.25) is 4.79 Å². The Morgan fingerprint density at radius 3 is 2.91 bits per heavy atom. The summed E-state index contributed by atoms with van der Waals surface area (Å²) in [6.07, 6.45) is 2.39. The van der Waals surface area contributed by atoms with E-state index >= 15 is 0 Å². The highest BCUT2D eigenvalue weighted by Crippen LogP contribution is 2.41. The van der Waals surface area contributed by atoms with E-state index in [0.29, 0.717) is 25.5 Å². The normalized spacial score (nSPS) is 15.3. The summed E-state index contributed by atoms with van der Waals surface area (Å²) in [5.41, 5.74) is 1.01. The molecule has 0 radical (unpaired) electrons. The first-order chi connectivity index (χ1) is 10.4. The summed E-state index contributed by atoms with van der Waals surface area (Å²) >= 11 is 0. The van der Waals surface area contributed by atoms with E-state index in [4.69, 9.17) is 9.47 Å². The number of hydrogen-bond donors (Lipinski definition) is 1. The zero-order chi connectivity index (χ0) is 16.2. The van der Waals surface area contributed by atoms with Crippen molar-refractivity contribution in [1.29, 1.82) is 0 Å². The molecule has 0 saturated carbocycles. The molecule has 1 amide bonds. The second-order valence-electron chi connectivity index (χ2n) is 6.91. The fraction of sp³-hybridized carbons (Fsp3) is 0.611. The summed E-state index contributed by atoms with van der Waals surface area (Å²) < 4.78 is 11.7. The van der Waals surface area contributed by atoms with E-state index in [1.54, 1.807) is 0 Å². The van der Waals surface area contributed by atoms with Crippen LogP contribution in [0, 0.1) is 5.92 Å². The van der Waals surface area contributed by atoms with Crippen molar-refractivity contribution in [2.24, 2.45) is 5.92 Å². The van der Waals surface area contributed by atoms with Crippen LogP contribution in [0.1, 0.15) is 46.1 Å². The smallest absolute Gasteiger partial charge is 0.220 e. The summed E-state index contributed by atoms with van der Waals surface area (Å²) in [5, 5.41) is 2.89. The summed E-state index contributed by atoms with van der Waals surface area (Å²) in [7, 11) is 0. The van der Waals surface area contributed by atoms with E-state index in [2.05, 4.69) is 39.1 Å². The molecule has 0 saturated heterocycles. The zero-order valence-electron chi connectivity index (χ0n) is 14.1. The maximum atomic E-state index is 11.6. The second-order valence-corrected chi connectivity index (χ2v) is 6.91. The molecule has 0 unspecified atom stereocenters. The Bertz CT molecular complexity index is 523. The highest BCUT2D eigenvalue weighted by atomic mass is 16.5. The van der Waals surface area contributed by atoms with Crippen LogP contribution in [0.15, 0.2) is 18.2 Å². The largest absolute Gasteiger partial charge is 0.488 e. The van der Waals surface area contributed by atoms with Crippen molar-refractivity contribution >= 4 is 5.91 Å². The average Bonchev–Trinajstić information content (AvgIpc) is 2.76. The lowest BCUT2D eigenvalue weighted by atomic mass is 10.0. The minimum absolute atomic E-state index is 0.0907. The lowest BCUT2D eigenvalue weighted by Crippen LogP contribution is -2.28. The number of fused-ring (bicyclic) bond motifs is 1. The van der Waals surface area contributed by atoms with Crippen LogP contribution in [0.2, 0.25) is 0 Å². The van der Waals surface area contributed by atoms with Crippen LogP contribution in [0.25, 0.3) is 0 Å². The van der Waals surface area contributed by atoms with E-state index in [9.17, 15) is 4.79 Å². The molecule has 4 heteroatoms. The van der Waals surface area contributed by atoms with Crippen molar-refractivity contribution in [3.05, 3.63) is 23.8 Å². The van der Waals surface area contributed by atoms with Crippen molar-refractivity contribution in [3.63, 3.8) is 0 Å². The quantitative estimate of drug-likeness (QED) is 0.786. The van der Waals surface area contributed by atoms with E-state index in [-0.39, 0.29) is 11.5 Å². The summed E-state index contributed by atoms with van der Waals surface area (Å²) in [4.78, 5) is 11.6. The third kappa shape index (κ3) is 4.65. The van der Waals surface area contributed by atoms with E-state index in [0.717, 1.165) is 24.3 Å². The van der Waals surface area contributed by atoms with Gasteiger partial charge in [-0.15, -0.1) is 0 Å². The van der Waals surface area contributed by atoms with E-state index < -0.39 is 0 Å². The van der Waals surface area contributed by atoms with Gasteiger partial charge in [-0.05, 0) is 32.3 Å². The fourth-order valence-electron chi connectivity index (χ4n) is 2.56. The molecule has 1 aromatic rings. The molecule has 22 heavy (non-hydrogen) atoms. The van der Waals surface area contributed by atoms with Crippen molar-refractivity contribution in [3.8, 4) is 11.5 Å². The number of nitrogens with one attached hydrogen (secondary N) is 1. The molecule has 1 aromatic carbocycles. The van der Waals surface area contributed by atoms with Gasteiger partial charge in [0.05, 0.1) is 6.54 Å². The van der Waals surface area contributed by atoms with Crippen molar-refractivity contribution in [2.45, 2.75) is 52.6 Å². The minimum Gasteiger partial charge on any atom is -0.488 e. The lowest BCUT2D eigenvalue weighted by molar-refractivity contribution is -0.121. The predicted molar refractivity (Wildman–Crippen MR) is 87.4 cm³/mol. The van der Waals surface area contributed by atoms with Crippen LogP contribution in [0.3, 0.4) is 0 Å². The van der Waals surface area contributed by atoms with Crippen LogP contribution in [0.4, 0.5) is 0 Å². The highest BCUT2D eigenvalue weighted by molar-refractivity contribution is 5.75. The molecular weight excluding hydrogens is 278 g/mol. The maximum absolute atomic E-state index is 11.6. The Kier molecular flexibility index (Phi) is 5.33. The molecule has 1 aliphatic rings. The summed E-state index contributed by atoms with van der Waals surface area (Å²) in [6.45, 7) is 9.36. The average molecular weight is 305 g/mol. The van der Waals surface area contributed by atoms with E-state index in [1.807, 2.05) is 12.1 Å². The first kappa shape index (κ1) is 16.7. The molecule has 0 atom stereocenters. The Morgan fingerprint density at radius 2 is 2.18 bits per heavy atom. The Morgan fingerprint density at radius 1 is 1.41 bits per heavy atom. The van der Waals surface area contributed by atoms with Crippen LogP contribution < -0.4 is 14.8 Å². The van der Waals surface area contributed by atoms with Gasteiger partial charge in [0.15, 0.2) is 11.5 Å². The molecule has 0 spiro atoms. The molecule has 0 bridgehead atoms. The van der Waals surface area contributed by atoms with Crippen LogP contribution in [-0.4, -0.2) is 24.7 Å². The monoisotopic (exact) mass is 305 g/mol. The van der Waals surface area contributed by atoms with Gasteiger partial charge < -0.3 is 14.8 Å². The van der Waals surface area contributed by atoms with Gasteiger partial charge in [0.25, 0.3) is 0 Å². The van der Waals surface area contributed by atoms with Gasteiger partial charge in [-0.2, -0.15) is 0 Å². The molecule has 1 N–H and O–H groups in total. The first-order valence-electron chi connectivity index (χ1n) is 8.08. The summed E-state index contributed by atoms with van der Waals surface area (Å²) in [5.74, 6) is 2.25. The maximum Gasteiger partial charge on any atom is 0.220 e. The first-order valence-corrected chi connectivity index (χ1v) is 8.08. The fourth-order valence-corrected chi connectivity index (χ4v) is 2.56. The lowest BCUT2D eigenvalue weighted by Gasteiger charge is -2.18. The number of para-hydroxylation sites is 1. The minimum atomic E-state index is -0.174. The highest BCUT2D eigenvalue weighted by Gasteiger charge is 2.32. The molecule has 2 rings (SSSR count). The number of benzene rings is 1. The SMILES string of the molecule is CC(C)CCC(=O)NCCOc1cccc2c1OC(C)(C)C2. The Balaban J connectivity index is 1.77. The molecule has 1 heterocycles. The number of hydrogen-bond acceptors (Lipinski definition) is 3. The predicted octanol–water partition coefficient (Wildman–Crippen LogP) is 3.33. The number of rotatable bonds is 7.